The first-order valence-corrected chi connectivity index (χ1v) is 4.92. The van der Waals surface area contributed by atoms with E-state index in [0.29, 0.717) is 0 Å². The van der Waals surface area contributed by atoms with Crippen molar-refractivity contribution in [2.24, 2.45) is 5.92 Å². The molecule has 1 saturated carbocycles. The molecule has 12 heavy (non-hydrogen) atoms. The van der Waals surface area contributed by atoms with Gasteiger partial charge in [0.1, 0.15) is 6.10 Å². The highest BCUT2D eigenvalue weighted by atomic mass is 16.3. The van der Waals surface area contributed by atoms with Gasteiger partial charge in [-0.15, -0.1) is 0 Å². The minimum Gasteiger partial charge on any atom is -0.378 e. The highest BCUT2D eigenvalue weighted by Gasteiger charge is 2.18. The number of nitrogens with zero attached hydrogens (tertiary/aromatic N) is 1. The Morgan fingerprint density at radius 3 is 2.08 bits per heavy atom. The zero-order valence-corrected chi connectivity index (χ0v) is 7.50. The van der Waals surface area contributed by atoms with E-state index in [1.807, 2.05) is 6.07 Å². The number of aliphatic hydroxyl groups is 1. The van der Waals surface area contributed by atoms with Gasteiger partial charge in [-0.25, -0.2) is 0 Å². The molecule has 1 rings (SSSR count). The van der Waals surface area contributed by atoms with Crippen LogP contribution in [0.3, 0.4) is 0 Å². The van der Waals surface area contributed by atoms with E-state index in [1.54, 1.807) is 0 Å². The number of rotatable bonds is 1. The predicted octanol–water partition coefficient (Wildman–Crippen LogP) is 2.23. The molecule has 0 radical (unpaired) electrons. The summed E-state index contributed by atoms with van der Waals surface area (Å²) in [5, 5.41) is 17.9. The number of nitriles is 1. The van der Waals surface area contributed by atoms with Gasteiger partial charge in [0.2, 0.25) is 0 Å². The van der Waals surface area contributed by atoms with Crippen molar-refractivity contribution in [1.82, 2.24) is 0 Å². The predicted molar refractivity (Wildman–Crippen MR) is 47.4 cm³/mol. The lowest BCUT2D eigenvalue weighted by Gasteiger charge is -2.20. The van der Waals surface area contributed by atoms with E-state index in [9.17, 15) is 5.11 Å². The van der Waals surface area contributed by atoms with E-state index in [2.05, 4.69) is 0 Å². The second-order valence-corrected chi connectivity index (χ2v) is 3.68. The van der Waals surface area contributed by atoms with Crippen LogP contribution in [0.4, 0.5) is 0 Å². The van der Waals surface area contributed by atoms with Gasteiger partial charge in [0.05, 0.1) is 6.07 Å². The summed E-state index contributed by atoms with van der Waals surface area (Å²) in [5.74, 6) is 0.246. The normalized spacial score (nSPS) is 23.7. The Labute approximate surface area is 74.2 Å². The molecule has 1 N–H and O–H groups in total. The molecule has 0 saturated heterocycles. The molecular formula is C10H17NO. The fourth-order valence-corrected chi connectivity index (χ4v) is 1.91. The molecule has 0 amide bonds. The smallest absolute Gasteiger partial charge is 0.143 e. The summed E-state index contributed by atoms with van der Waals surface area (Å²) in [7, 11) is 0. The van der Waals surface area contributed by atoms with Crippen molar-refractivity contribution in [3.63, 3.8) is 0 Å². The van der Waals surface area contributed by atoms with E-state index in [-0.39, 0.29) is 5.92 Å². The summed E-state index contributed by atoms with van der Waals surface area (Å²) < 4.78 is 0. The summed E-state index contributed by atoms with van der Waals surface area (Å²) >= 11 is 0. The summed E-state index contributed by atoms with van der Waals surface area (Å²) in [6, 6.07) is 1.94. The molecule has 1 atom stereocenters. The zero-order valence-electron chi connectivity index (χ0n) is 7.50. The van der Waals surface area contributed by atoms with Crippen molar-refractivity contribution < 1.29 is 5.11 Å². The van der Waals surface area contributed by atoms with Gasteiger partial charge in [-0.1, -0.05) is 32.1 Å². The summed E-state index contributed by atoms with van der Waals surface area (Å²) in [6.45, 7) is 0. The molecule has 0 aliphatic heterocycles. The average molecular weight is 167 g/mol. The van der Waals surface area contributed by atoms with Crippen LogP contribution >= 0.6 is 0 Å². The van der Waals surface area contributed by atoms with Crippen molar-refractivity contribution in [2.45, 2.75) is 51.0 Å². The minimum absolute atomic E-state index is 0.246. The molecule has 68 valence electrons. The second-order valence-electron chi connectivity index (χ2n) is 3.68. The van der Waals surface area contributed by atoms with E-state index in [1.165, 1.54) is 32.1 Å². The molecule has 1 aliphatic carbocycles. The molecule has 1 aliphatic rings. The van der Waals surface area contributed by atoms with E-state index in [0.717, 1.165) is 12.8 Å². The Hall–Kier alpha value is -0.550. The Morgan fingerprint density at radius 2 is 1.58 bits per heavy atom. The molecule has 1 unspecified atom stereocenters. The van der Waals surface area contributed by atoms with E-state index in [4.69, 9.17) is 5.26 Å². The maximum absolute atomic E-state index is 9.34. The van der Waals surface area contributed by atoms with Crippen molar-refractivity contribution in [2.75, 3.05) is 0 Å². The SMILES string of the molecule is N#CC(O)C1CCCCCCC1. The number of hydrogen-bond donors (Lipinski definition) is 1. The van der Waals surface area contributed by atoms with Crippen LogP contribution < -0.4 is 0 Å². The third-order valence-corrected chi connectivity index (χ3v) is 2.73. The lowest BCUT2D eigenvalue weighted by atomic mass is 9.88. The van der Waals surface area contributed by atoms with Gasteiger partial charge >= 0.3 is 0 Å². The van der Waals surface area contributed by atoms with Crippen LogP contribution in [-0.4, -0.2) is 11.2 Å². The van der Waals surface area contributed by atoms with Crippen LogP contribution in [0.5, 0.6) is 0 Å². The van der Waals surface area contributed by atoms with Crippen molar-refractivity contribution in [3.8, 4) is 6.07 Å². The molecule has 2 nitrogen and oxygen atoms in total. The molecule has 0 spiro atoms. The molecule has 0 heterocycles. The largest absolute Gasteiger partial charge is 0.378 e. The quantitative estimate of drug-likeness (QED) is 0.608. The molecule has 2 heteroatoms. The fourth-order valence-electron chi connectivity index (χ4n) is 1.91. The standard InChI is InChI=1S/C10H17NO/c11-8-10(12)9-6-4-2-1-3-5-7-9/h9-10,12H,1-7H2. The second kappa shape index (κ2) is 5.16. The van der Waals surface area contributed by atoms with Gasteiger partial charge in [-0.3, -0.25) is 0 Å². The maximum Gasteiger partial charge on any atom is 0.143 e. The molecule has 1 fully saturated rings. The van der Waals surface area contributed by atoms with Crippen LogP contribution in [0.2, 0.25) is 0 Å². The van der Waals surface area contributed by atoms with Gasteiger partial charge in [-0.05, 0) is 18.8 Å². The van der Waals surface area contributed by atoms with Crippen molar-refractivity contribution in [3.05, 3.63) is 0 Å². The molecule has 0 aromatic heterocycles. The van der Waals surface area contributed by atoms with Gasteiger partial charge in [0, 0.05) is 0 Å². The lowest BCUT2D eigenvalue weighted by molar-refractivity contribution is 0.138. The van der Waals surface area contributed by atoms with Crippen LogP contribution in [0.1, 0.15) is 44.9 Å². The van der Waals surface area contributed by atoms with E-state index >= 15 is 0 Å². The Morgan fingerprint density at radius 1 is 1.08 bits per heavy atom. The first kappa shape index (κ1) is 9.54. The zero-order chi connectivity index (χ0) is 8.81. The fraction of sp³-hybridized carbons (Fsp3) is 0.900. The van der Waals surface area contributed by atoms with Gasteiger partial charge in [-0.2, -0.15) is 5.26 Å². The number of aliphatic hydroxyl groups excluding tert-OH is 1. The lowest BCUT2D eigenvalue weighted by Crippen LogP contribution is -2.19. The first-order valence-electron chi connectivity index (χ1n) is 4.92. The Kier molecular flexibility index (Phi) is 4.10. The van der Waals surface area contributed by atoms with Gasteiger partial charge in [0.15, 0.2) is 0 Å². The molecule has 0 aromatic rings. The van der Waals surface area contributed by atoms with Crippen molar-refractivity contribution in [1.29, 1.82) is 5.26 Å². The molecule has 0 aromatic carbocycles. The third kappa shape index (κ3) is 2.83. The monoisotopic (exact) mass is 167 g/mol. The van der Waals surface area contributed by atoms with Gasteiger partial charge in [0.25, 0.3) is 0 Å². The van der Waals surface area contributed by atoms with Crippen LogP contribution in [0.15, 0.2) is 0 Å². The molecule has 0 bridgehead atoms. The summed E-state index contributed by atoms with van der Waals surface area (Å²) in [4.78, 5) is 0. The van der Waals surface area contributed by atoms with Gasteiger partial charge < -0.3 is 5.11 Å². The molecular weight excluding hydrogens is 150 g/mol. The Bertz CT molecular complexity index is 154. The highest BCUT2D eigenvalue weighted by Crippen LogP contribution is 2.24. The van der Waals surface area contributed by atoms with Crippen LogP contribution in [0, 0.1) is 17.2 Å². The van der Waals surface area contributed by atoms with E-state index < -0.39 is 6.10 Å². The topological polar surface area (TPSA) is 44.0 Å². The maximum atomic E-state index is 9.34. The number of hydrogen-bond acceptors (Lipinski definition) is 2. The minimum atomic E-state index is -0.719. The van der Waals surface area contributed by atoms with Crippen LogP contribution in [-0.2, 0) is 0 Å². The average Bonchev–Trinajstić information content (AvgIpc) is 2.02. The third-order valence-electron chi connectivity index (χ3n) is 2.73. The summed E-state index contributed by atoms with van der Waals surface area (Å²) in [6.07, 6.45) is 7.60. The van der Waals surface area contributed by atoms with Crippen molar-refractivity contribution >= 4 is 0 Å². The highest BCUT2D eigenvalue weighted by molar-refractivity contribution is 4.88. The summed E-state index contributed by atoms with van der Waals surface area (Å²) in [5.41, 5.74) is 0. The first-order chi connectivity index (χ1) is 5.84. The Balaban J connectivity index is 2.35. The van der Waals surface area contributed by atoms with Crippen LogP contribution in [0.25, 0.3) is 0 Å².